The van der Waals surface area contributed by atoms with Crippen molar-refractivity contribution in [1.29, 1.82) is 0 Å². The molecule has 4 heteroatoms. The van der Waals surface area contributed by atoms with Gasteiger partial charge in [-0.2, -0.15) is 0 Å². The summed E-state index contributed by atoms with van der Waals surface area (Å²) in [7, 11) is 0. The van der Waals surface area contributed by atoms with Gasteiger partial charge in [-0.1, -0.05) is 26.7 Å². The van der Waals surface area contributed by atoms with Crippen molar-refractivity contribution < 1.29 is 4.79 Å². The molecular formula is C16H31N3O. The van der Waals surface area contributed by atoms with Crippen LogP contribution >= 0.6 is 0 Å². The first kappa shape index (κ1) is 15.8. The van der Waals surface area contributed by atoms with E-state index in [0.29, 0.717) is 18.6 Å². The second kappa shape index (κ2) is 7.41. The van der Waals surface area contributed by atoms with Crippen molar-refractivity contribution in [2.75, 3.05) is 19.6 Å². The molecule has 1 saturated heterocycles. The summed E-state index contributed by atoms with van der Waals surface area (Å²) in [4.78, 5) is 13.1. The van der Waals surface area contributed by atoms with Crippen molar-refractivity contribution in [2.24, 2.45) is 17.6 Å². The molecule has 2 rings (SSSR count). The molecule has 0 aromatic rings. The monoisotopic (exact) mass is 281 g/mol. The highest BCUT2D eigenvalue weighted by atomic mass is 16.1. The van der Waals surface area contributed by atoms with E-state index >= 15 is 0 Å². The predicted molar refractivity (Wildman–Crippen MR) is 82.4 cm³/mol. The number of nitrogens with zero attached hydrogens (tertiary/aromatic N) is 1. The Kier molecular flexibility index (Phi) is 5.85. The van der Waals surface area contributed by atoms with Crippen molar-refractivity contribution in [3.05, 3.63) is 0 Å². The van der Waals surface area contributed by atoms with Crippen molar-refractivity contribution in [1.82, 2.24) is 10.2 Å². The minimum Gasteiger partial charge on any atom is -0.369 e. The number of likely N-dealkylation sites (tertiary alicyclic amines) is 1. The Morgan fingerprint density at radius 2 is 1.85 bits per heavy atom. The summed E-state index contributed by atoms with van der Waals surface area (Å²) in [5.41, 5.74) is 5.26. The molecule has 2 aliphatic rings. The van der Waals surface area contributed by atoms with Crippen LogP contribution in [0.5, 0.6) is 0 Å². The molecule has 116 valence electrons. The third kappa shape index (κ3) is 4.45. The zero-order valence-corrected chi connectivity index (χ0v) is 13.1. The summed E-state index contributed by atoms with van der Waals surface area (Å²) >= 11 is 0. The number of hydrogen-bond acceptors (Lipinski definition) is 3. The lowest BCUT2D eigenvalue weighted by Crippen LogP contribution is -2.51. The molecule has 1 aliphatic heterocycles. The third-order valence-electron chi connectivity index (χ3n) is 5.09. The molecule has 1 aliphatic carbocycles. The summed E-state index contributed by atoms with van der Waals surface area (Å²) < 4.78 is 0. The van der Waals surface area contributed by atoms with Crippen molar-refractivity contribution in [3.63, 3.8) is 0 Å². The van der Waals surface area contributed by atoms with Crippen LogP contribution in [-0.4, -0.2) is 42.5 Å². The minimum atomic E-state index is -0.205. The van der Waals surface area contributed by atoms with E-state index in [1.54, 1.807) is 0 Å². The topological polar surface area (TPSA) is 58.4 Å². The molecular weight excluding hydrogens is 250 g/mol. The lowest BCUT2D eigenvalue weighted by Gasteiger charge is -2.40. The summed E-state index contributed by atoms with van der Waals surface area (Å²) in [5.74, 6) is 1.42. The first-order chi connectivity index (χ1) is 9.56. The van der Waals surface area contributed by atoms with Crippen molar-refractivity contribution in [2.45, 2.75) is 64.5 Å². The summed E-state index contributed by atoms with van der Waals surface area (Å²) in [6.45, 7) is 7.14. The highest BCUT2D eigenvalue weighted by molar-refractivity contribution is 5.75. The second-order valence-corrected chi connectivity index (χ2v) is 6.98. The smallest absolute Gasteiger partial charge is 0.231 e. The Morgan fingerprint density at radius 3 is 2.45 bits per heavy atom. The lowest BCUT2D eigenvalue weighted by molar-refractivity contribution is -0.119. The Bertz CT molecular complexity index is 311. The first-order valence-electron chi connectivity index (χ1n) is 8.33. The molecule has 1 amide bonds. The van der Waals surface area contributed by atoms with Crippen LogP contribution in [0.15, 0.2) is 0 Å². The molecule has 1 saturated carbocycles. The van der Waals surface area contributed by atoms with E-state index in [0.717, 1.165) is 37.8 Å². The fourth-order valence-electron chi connectivity index (χ4n) is 3.95. The number of rotatable bonds is 5. The molecule has 0 bridgehead atoms. The SMILES string of the molecule is CC(C)C1CCCCC1NC1CCN(CC(N)=O)CC1. The van der Waals surface area contributed by atoms with Crippen LogP contribution in [0, 0.1) is 11.8 Å². The molecule has 3 N–H and O–H groups in total. The third-order valence-corrected chi connectivity index (χ3v) is 5.09. The second-order valence-electron chi connectivity index (χ2n) is 6.98. The van der Waals surface area contributed by atoms with Gasteiger partial charge in [0.25, 0.3) is 0 Å². The normalized spacial score (nSPS) is 29.8. The number of amides is 1. The van der Waals surface area contributed by atoms with Gasteiger partial charge in [-0.15, -0.1) is 0 Å². The van der Waals surface area contributed by atoms with Gasteiger partial charge in [0.2, 0.25) is 5.91 Å². The molecule has 2 atom stereocenters. The Morgan fingerprint density at radius 1 is 1.20 bits per heavy atom. The van der Waals surface area contributed by atoms with Crippen LogP contribution in [0.4, 0.5) is 0 Å². The maximum absolute atomic E-state index is 10.9. The summed E-state index contributed by atoms with van der Waals surface area (Å²) in [6.07, 6.45) is 7.79. The highest BCUT2D eigenvalue weighted by Gasteiger charge is 2.30. The maximum Gasteiger partial charge on any atom is 0.231 e. The number of nitrogens with one attached hydrogen (secondary N) is 1. The molecule has 0 aromatic heterocycles. The van der Waals surface area contributed by atoms with E-state index in [9.17, 15) is 4.79 Å². The average molecular weight is 281 g/mol. The molecule has 1 heterocycles. The standard InChI is InChI=1S/C16H31N3O/c1-12(2)14-5-3-4-6-15(14)18-13-7-9-19(10-8-13)11-16(17)20/h12-15,18H,3-11H2,1-2H3,(H2,17,20). The van der Waals surface area contributed by atoms with E-state index in [1.807, 2.05) is 0 Å². The van der Waals surface area contributed by atoms with Gasteiger partial charge in [-0.05, 0) is 37.5 Å². The number of piperidine rings is 1. The molecule has 4 nitrogen and oxygen atoms in total. The highest BCUT2D eigenvalue weighted by Crippen LogP contribution is 2.31. The van der Waals surface area contributed by atoms with Crippen LogP contribution in [0.3, 0.4) is 0 Å². The van der Waals surface area contributed by atoms with E-state index in [1.165, 1.54) is 25.7 Å². The zero-order chi connectivity index (χ0) is 14.5. The van der Waals surface area contributed by atoms with Gasteiger partial charge in [0, 0.05) is 25.2 Å². The van der Waals surface area contributed by atoms with Crippen LogP contribution < -0.4 is 11.1 Å². The van der Waals surface area contributed by atoms with Crippen LogP contribution in [0.2, 0.25) is 0 Å². The number of hydrogen-bond donors (Lipinski definition) is 2. The maximum atomic E-state index is 10.9. The van der Waals surface area contributed by atoms with Gasteiger partial charge >= 0.3 is 0 Å². The average Bonchev–Trinajstić information content (AvgIpc) is 2.41. The van der Waals surface area contributed by atoms with Crippen molar-refractivity contribution in [3.8, 4) is 0 Å². The number of primary amides is 1. The number of carbonyl (C=O) groups is 1. The molecule has 2 fully saturated rings. The van der Waals surface area contributed by atoms with Crippen molar-refractivity contribution >= 4 is 5.91 Å². The predicted octanol–water partition coefficient (Wildman–Crippen LogP) is 1.74. The molecule has 0 spiro atoms. The van der Waals surface area contributed by atoms with Gasteiger partial charge in [0.05, 0.1) is 6.54 Å². The molecule has 2 unspecified atom stereocenters. The molecule has 20 heavy (non-hydrogen) atoms. The van der Waals surface area contributed by atoms with E-state index < -0.39 is 0 Å². The molecule has 0 aromatic carbocycles. The Hall–Kier alpha value is -0.610. The zero-order valence-electron chi connectivity index (χ0n) is 13.1. The van der Waals surface area contributed by atoms with Gasteiger partial charge in [0.15, 0.2) is 0 Å². The quantitative estimate of drug-likeness (QED) is 0.807. The largest absolute Gasteiger partial charge is 0.369 e. The van der Waals surface area contributed by atoms with E-state index in [4.69, 9.17) is 5.73 Å². The fraction of sp³-hybridized carbons (Fsp3) is 0.938. The lowest BCUT2D eigenvalue weighted by atomic mass is 9.77. The molecule has 0 radical (unpaired) electrons. The summed E-state index contributed by atoms with van der Waals surface area (Å²) in [5, 5.41) is 3.92. The van der Waals surface area contributed by atoms with Crippen LogP contribution in [0.25, 0.3) is 0 Å². The van der Waals surface area contributed by atoms with Crippen LogP contribution in [0.1, 0.15) is 52.4 Å². The number of carbonyl (C=O) groups excluding carboxylic acids is 1. The van der Waals surface area contributed by atoms with Gasteiger partial charge in [-0.25, -0.2) is 0 Å². The number of nitrogens with two attached hydrogens (primary N) is 1. The van der Waals surface area contributed by atoms with E-state index in [2.05, 4.69) is 24.1 Å². The van der Waals surface area contributed by atoms with Gasteiger partial charge in [-0.3, -0.25) is 9.69 Å². The van der Waals surface area contributed by atoms with Gasteiger partial charge in [0.1, 0.15) is 0 Å². The first-order valence-corrected chi connectivity index (χ1v) is 8.33. The fourth-order valence-corrected chi connectivity index (χ4v) is 3.95. The Balaban J connectivity index is 1.77. The summed E-state index contributed by atoms with van der Waals surface area (Å²) in [6, 6.07) is 1.33. The Labute approximate surface area is 123 Å². The van der Waals surface area contributed by atoms with Gasteiger partial charge < -0.3 is 11.1 Å². The minimum absolute atomic E-state index is 0.205. The van der Waals surface area contributed by atoms with E-state index in [-0.39, 0.29) is 5.91 Å². The van der Waals surface area contributed by atoms with Crippen LogP contribution in [-0.2, 0) is 4.79 Å².